The van der Waals surface area contributed by atoms with E-state index in [9.17, 15) is 8.42 Å². The van der Waals surface area contributed by atoms with Crippen LogP contribution in [0.3, 0.4) is 0 Å². The Morgan fingerprint density at radius 3 is 2.26 bits per heavy atom. The van der Waals surface area contributed by atoms with Crippen molar-refractivity contribution in [1.29, 1.82) is 0 Å². The van der Waals surface area contributed by atoms with E-state index in [4.69, 9.17) is 18.9 Å². The smallest absolute Gasteiger partial charge is 0.263 e. The molecule has 0 saturated heterocycles. The van der Waals surface area contributed by atoms with Gasteiger partial charge in [-0.05, 0) is 36.4 Å². The molecule has 0 fully saturated rings. The Morgan fingerprint density at radius 1 is 0.829 bits per heavy atom. The van der Waals surface area contributed by atoms with Gasteiger partial charge in [-0.2, -0.15) is 0 Å². The van der Waals surface area contributed by atoms with Gasteiger partial charge in [0.15, 0.2) is 23.1 Å². The Labute approximate surface area is 201 Å². The van der Waals surface area contributed by atoms with Gasteiger partial charge in [0.25, 0.3) is 10.0 Å². The fraction of sp³-hybridized carbons (Fsp3) is 0.167. The van der Waals surface area contributed by atoms with Gasteiger partial charge in [-0.1, -0.05) is 12.1 Å². The second-order valence-electron chi connectivity index (χ2n) is 7.51. The van der Waals surface area contributed by atoms with Gasteiger partial charge in [0.2, 0.25) is 0 Å². The number of rotatable bonds is 7. The molecule has 35 heavy (non-hydrogen) atoms. The first-order valence-electron chi connectivity index (χ1n) is 10.6. The first kappa shape index (κ1) is 22.5. The quantitative estimate of drug-likeness (QED) is 0.393. The molecule has 1 aliphatic rings. The normalized spacial score (nSPS) is 12.7. The molecular formula is C24H22N4O6S. The molecule has 11 heteroatoms. The second-order valence-corrected chi connectivity index (χ2v) is 9.19. The number of nitrogens with zero attached hydrogens (tertiary/aromatic N) is 2. The lowest BCUT2D eigenvalue weighted by Crippen LogP contribution is -2.18. The third-order valence-electron chi connectivity index (χ3n) is 5.29. The van der Waals surface area contributed by atoms with Crippen molar-refractivity contribution < 1.29 is 27.4 Å². The number of anilines is 3. The lowest BCUT2D eigenvalue weighted by atomic mass is 10.2. The van der Waals surface area contributed by atoms with E-state index in [2.05, 4.69) is 20.0 Å². The van der Waals surface area contributed by atoms with E-state index in [0.717, 1.165) is 0 Å². The number of hydrogen-bond donors (Lipinski definition) is 2. The highest BCUT2D eigenvalue weighted by Gasteiger charge is 2.23. The zero-order chi connectivity index (χ0) is 24.4. The predicted molar refractivity (Wildman–Crippen MR) is 131 cm³/mol. The Hall–Kier alpha value is -4.25. The standard InChI is InChI=1S/C24H22N4O6S/c1-31-15-7-9-20(32-2)19(13-15)27-23-24(26-18-6-4-3-5-17(18)25-23)28-35(29,30)16-8-10-21-22(14-16)34-12-11-33-21/h3-10,13-14H,11-12H2,1-2H3,(H,25,27)(H,26,28). The van der Waals surface area contributed by atoms with Crippen molar-refractivity contribution in [3.63, 3.8) is 0 Å². The zero-order valence-corrected chi connectivity index (χ0v) is 19.8. The SMILES string of the molecule is COc1ccc(OC)c(Nc2nc3ccccc3nc2NS(=O)(=O)c2ccc3c(c2)OCCO3)c1. The number of nitrogens with one attached hydrogen (secondary N) is 2. The van der Waals surface area contributed by atoms with Crippen molar-refractivity contribution >= 4 is 38.4 Å². The minimum atomic E-state index is -4.04. The first-order valence-corrected chi connectivity index (χ1v) is 12.1. The average molecular weight is 495 g/mol. The topological polar surface area (TPSA) is 121 Å². The molecule has 180 valence electrons. The van der Waals surface area contributed by atoms with E-state index >= 15 is 0 Å². The third-order valence-corrected chi connectivity index (χ3v) is 6.62. The summed E-state index contributed by atoms with van der Waals surface area (Å²) >= 11 is 0. The average Bonchev–Trinajstić information content (AvgIpc) is 2.88. The number of para-hydroxylation sites is 2. The van der Waals surface area contributed by atoms with Crippen LogP contribution in [-0.2, 0) is 10.0 Å². The summed E-state index contributed by atoms with van der Waals surface area (Å²) in [6.07, 6.45) is 0. The molecule has 0 bridgehead atoms. The number of hydrogen-bond acceptors (Lipinski definition) is 9. The molecule has 0 unspecified atom stereocenters. The highest BCUT2D eigenvalue weighted by atomic mass is 32.2. The monoisotopic (exact) mass is 494 g/mol. The van der Waals surface area contributed by atoms with Gasteiger partial charge in [0.1, 0.15) is 24.7 Å². The van der Waals surface area contributed by atoms with Crippen molar-refractivity contribution in [2.45, 2.75) is 4.90 Å². The summed E-state index contributed by atoms with van der Waals surface area (Å²) in [5.41, 5.74) is 1.63. The van der Waals surface area contributed by atoms with Crippen molar-refractivity contribution in [2.24, 2.45) is 0 Å². The van der Waals surface area contributed by atoms with Gasteiger partial charge in [-0.25, -0.2) is 18.4 Å². The van der Waals surface area contributed by atoms with Crippen LogP contribution >= 0.6 is 0 Å². The van der Waals surface area contributed by atoms with Crippen LogP contribution in [0.2, 0.25) is 0 Å². The van der Waals surface area contributed by atoms with Gasteiger partial charge < -0.3 is 24.3 Å². The number of methoxy groups -OCH3 is 2. The maximum atomic E-state index is 13.3. The van der Waals surface area contributed by atoms with Crippen LogP contribution in [-0.4, -0.2) is 45.8 Å². The van der Waals surface area contributed by atoms with Gasteiger partial charge in [-0.3, -0.25) is 4.72 Å². The van der Waals surface area contributed by atoms with Gasteiger partial charge in [-0.15, -0.1) is 0 Å². The molecule has 0 spiro atoms. The predicted octanol–water partition coefficient (Wildman–Crippen LogP) is 3.96. The summed E-state index contributed by atoms with van der Waals surface area (Å²) in [6.45, 7) is 0.753. The summed E-state index contributed by atoms with van der Waals surface area (Å²) < 4.78 is 50.9. The van der Waals surface area contributed by atoms with Crippen molar-refractivity contribution in [3.05, 3.63) is 60.7 Å². The summed E-state index contributed by atoms with van der Waals surface area (Å²) in [4.78, 5) is 9.13. The maximum Gasteiger partial charge on any atom is 0.263 e. The summed E-state index contributed by atoms with van der Waals surface area (Å²) in [5.74, 6) is 2.16. The molecule has 3 aromatic carbocycles. The molecule has 1 aliphatic heterocycles. The highest BCUT2D eigenvalue weighted by Crippen LogP contribution is 2.36. The molecule has 10 nitrogen and oxygen atoms in total. The molecule has 5 rings (SSSR count). The van der Waals surface area contributed by atoms with Gasteiger partial charge >= 0.3 is 0 Å². The number of sulfonamides is 1. The van der Waals surface area contributed by atoms with E-state index in [0.29, 0.717) is 52.9 Å². The number of benzene rings is 3. The lowest BCUT2D eigenvalue weighted by molar-refractivity contribution is 0.171. The molecule has 0 radical (unpaired) electrons. The third kappa shape index (κ3) is 4.58. The van der Waals surface area contributed by atoms with E-state index in [1.807, 2.05) is 6.07 Å². The summed E-state index contributed by atoms with van der Waals surface area (Å²) in [7, 11) is -0.961. The molecule has 0 aliphatic carbocycles. The zero-order valence-electron chi connectivity index (χ0n) is 18.9. The van der Waals surface area contributed by atoms with Crippen molar-refractivity contribution in [3.8, 4) is 23.0 Å². The number of aromatic nitrogens is 2. The van der Waals surface area contributed by atoms with Crippen LogP contribution in [0.5, 0.6) is 23.0 Å². The van der Waals surface area contributed by atoms with Crippen molar-refractivity contribution in [1.82, 2.24) is 9.97 Å². The summed E-state index contributed by atoms with van der Waals surface area (Å²) in [6, 6.07) is 16.8. The molecule has 2 N–H and O–H groups in total. The Bertz CT molecular complexity index is 1510. The van der Waals surface area contributed by atoms with E-state index in [1.165, 1.54) is 19.2 Å². The van der Waals surface area contributed by atoms with E-state index in [-0.39, 0.29) is 16.5 Å². The molecule has 0 amide bonds. The van der Waals surface area contributed by atoms with Crippen LogP contribution in [0.15, 0.2) is 65.6 Å². The molecule has 2 heterocycles. The minimum Gasteiger partial charge on any atom is -0.497 e. The fourth-order valence-electron chi connectivity index (χ4n) is 3.57. The Balaban J connectivity index is 1.56. The van der Waals surface area contributed by atoms with Gasteiger partial charge in [0.05, 0.1) is 35.8 Å². The van der Waals surface area contributed by atoms with Crippen LogP contribution in [0.25, 0.3) is 11.0 Å². The lowest BCUT2D eigenvalue weighted by Gasteiger charge is -2.19. The van der Waals surface area contributed by atoms with Crippen LogP contribution in [0, 0.1) is 0 Å². The number of ether oxygens (including phenoxy) is 4. The first-order chi connectivity index (χ1) is 17.0. The van der Waals surface area contributed by atoms with Gasteiger partial charge in [0, 0.05) is 12.1 Å². The minimum absolute atomic E-state index is 0.00150. The van der Waals surface area contributed by atoms with E-state index < -0.39 is 10.0 Å². The molecule has 0 saturated carbocycles. The second kappa shape index (κ2) is 9.18. The molecule has 0 atom stereocenters. The largest absolute Gasteiger partial charge is 0.497 e. The Morgan fingerprint density at radius 2 is 1.54 bits per heavy atom. The molecule has 4 aromatic rings. The fourth-order valence-corrected chi connectivity index (χ4v) is 4.60. The van der Waals surface area contributed by atoms with Crippen LogP contribution in [0.4, 0.5) is 17.3 Å². The molecule has 1 aromatic heterocycles. The maximum absolute atomic E-state index is 13.3. The van der Waals surface area contributed by atoms with Crippen LogP contribution in [0.1, 0.15) is 0 Å². The highest BCUT2D eigenvalue weighted by molar-refractivity contribution is 7.92. The van der Waals surface area contributed by atoms with Crippen molar-refractivity contribution in [2.75, 3.05) is 37.5 Å². The number of fused-ring (bicyclic) bond motifs is 2. The van der Waals surface area contributed by atoms with E-state index in [1.54, 1.807) is 49.6 Å². The van der Waals surface area contributed by atoms with Crippen LogP contribution < -0.4 is 29.0 Å². The summed E-state index contributed by atoms with van der Waals surface area (Å²) in [5, 5.41) is 3.13. The molecular weight excluding hydrogens is 472 g/mol. The Kier molecular flexibility index (Phi) is 5.91.